The van der Waals surface area contributed by atoms with Gasteiger partial charge in [-0.15, -0.1) is 0 Å². The first-order chi connectivity index (χ1) is 4.16. The van der Waals surface area contributed by atoms with Crippen LogP contribution in [0.5, 0.6) is 0 Å². The van der Waals surface area contributed by atoms with Crippen molar-refractivity contribution in [1.29, 1.82) is 0 Å². The first-order valence-corrected chi connectivity index (χ1v) is 2.87. The Morgan fingerprint density at radius 1 is 1.89 bits per heavy atom. The minimum atomic E-state index is -0.785. The molecule has 1 radical (unpaired) electrons. The van der Waals surface area contributed by atoms with Crippen LogP contribution in [0.3, 0.4) is 0 Å². The largest absolute Gasteiger partial charge is 0.509 e. The van der Waals surface area contributed by atoms with Crippen molar-refractivity contribution >= 4 is 17.8 Å². The van der Waals surface area contributed by atoms with Gasteiger partial charge in [0.15, 0.2) is 5.56 Å². The van der Waals surface area contributed by atoms with Crippen molar-refractivity contribution < 1.29 is 14.3 Å². The Balaban J connectivity index is 3.27. The number of hydrogen-bond acceptors (Lipinski definition) is 3. The molecule has 0 bridgehead atoms. The number of ether oxygens (including phenoxy) is 2. The van der Waals surface area contributed by atoms with Gasteiger partial charge in [0.25, 0.3) is 0 Å². The summed E-state index contributed by atoms with van der Waals surface area (Å²) in [5.74, 6) is 0. The molecule has 0 rings (SSSR count). The monoisotopic (exact) mass is 151 g/mol. The smallest absolute Gasteiger partial charge is 0.434 e. The van der Waals surface area contributed by atoms with Crippen molar-refractivity contribution in [1.82, 2.24) is 0 Å². The Hall–Kier alpha value is -0.440. The zero-order valence-corrected chi connectivity index (χ0v) is 5.85. The molecule has 0 aromatic rings. The number of alkyl halides is 1. The molecule has 0 aliphatic heterocycles. The van der Waals surface area contributed by atoms with E-state index in [1.54, 1.807) is 0 Å². The highest BCUT2D eigenvalue weighted by atomic mass is 35.5. The van der Waals surface area contributed by atoms with Crippen LogP contribution in [-0.2, 0) is 9.47 Å². The first kappa shape index (κ1) is 8.56. The van der Waals surface area contributed by atoms with Gasteiger partial charge in [0.2, 0.25) is 0 Å². The molecule has 0 N–H and O–H groups in total. The summed E-state index contributed by atoms with van der Waals surface area (Å²) < 4.78 is 8.65. The third-order valence-corrected chi connectivity index (χ3v) is 0.568. The lowest BCUT2D eigenvalue weighted by atomic mass is 10.8. The van der Waals surface area contributed by atoms with E-state index in [4.69, 9.17) is 11.6 Å². The fourth-order valence-corrected chi connectivity index (χ4v) is 0.323. The summed E-state index contributed by atoms with van der Waals surface area (Å²) in [5.41, 5.74) is -0.649. The van der Waals surface area contributed by atoms with Crippen LogP contribution in [0.15, 0.2) is 0 Å². The summed E-state index contributed by atoms with van der Waals surface area (Å²) in [5, 5.41) is 0. The van der Waals surface area contributed by atoms with Crippen LogP contribution in [0.4, 0.5) is 4.79 Å². The molecule has 53 valence electrons. The second-order valence-corrected chi connectivity index (χ2v) is 1.87. The lowest BCUT2D eigenvalue weighted by Crippen LogP contribution is -2.10. The molecular weight excluding hydrogens is 144 g/mol. The van der Waals surface area contributed by atoms with Gasteiger partial charge in [-0.1, -0.05) is 11.6 Å². The minimum Gasteiger partial charge on any atom is -0.434 e. The number of hydrogen-bond donors (Lipinski definition) is 0. The summed E-state index contributed by atoms with van der Waals surface area (Å²) in [6.07, 6.45) is -0.785. The van der Waals surface area contributed by atoms with Crippen molar-refractivity contribution in [3.05, 3.63) is 6.92 Å². The molecule has 0 amide bonds. The molecular formula is C5H8ClO3. The van der Waals surface area contributed by atoms with Crippen molar-refractivity contribution in [3.8, 4) is 0 Å². The van der Waals surface area contributed by atoms with Crippen molar-refractivity contribution in [2.24, 2.45) is 0 Å². The van der Waals surface area contributed by atoms with E-state index in [1.165, 1.54) is 6.92 Å². The highest BCUT2D eigenvalue weighted by molar-refractivity contribution is 6.19. The quantitative estimate of drug-likeness (QED) is 0.444. The molecule has 1 atom stereocenters. The van der Waals surface area contributed by atoms with Crippen molar-refractivity contribution in [3.63, 3.8) is 0 Å². The second-order valence-electron chi connectivity index (χ2n) is 1.26. The van der Waals surface area contributed by atoms with Gasteiger partial charge in [-0.05, 0) is 13.8 Å². The van der Waals surface area contributed by atoms with Gasteiger partial charge in [0.05, 0.1) is 6.61 Å². The average molecular weight is 152 g/mol. The topological polar surface area (TPSA) is 35.5 Å². The predicted octanol–water partition coefficient (Wildman–Crippen LogP) is 1.56. The van der Waals surface area contributed by atoms with Gasteiger partial charge in [0.1, 0.15) is 0 Å². The molecule has 9 heavy (non-hydrogen) atoms. The molecule has 4 heteroatoms. The molecule has 0 saturated carbocycles. The molecule has 0 aromatic heterocycles. The summed E-state index contributed by atoms with van der Waals surface area (Å²) in [4.78, 5) is 10.3. The molecule has 3 nitrogen and oxygen atoms in total. The fourth-order valence-electron chi connectivity index (χ4n) is 0.250. The Morgan fingerprint density at radius 2 is 2.44 bits per heavy atom. The van der Waals surface area contributed by atoms with Gasteiger partial charge in [0, 0.05) is 0 Å². The fraction of sp³-hybridized carbons (Fsp3) is 0.600. The van der Waals surface area contributed by atoms with Crippen LogP contribution in [0.2, 0.25) is 0 Å². The van der Waals surface area contributed by atoms with Crippen LogP contribution < -0.4 is 0 Å². The van der Waals surface area contributed by atoms with E-state index in [1.807, 2.05) is 0 Å². The molecule has 0 heterocycles. The molecule has 1 unspecified atom stereocenters. The molecule has 0 spiro atoms. The van der Waals surface area contributed by atoms with Crippen molar-refractivity contribution in [2.75, 3.05) is 6.61 Å². The first-order valence-electron chi connectivity index (χ1n) is 2.43. The van der Waals surface area contributed by atoms with Crippen molar-refractivity contribution in [2.45, 2.75) is 12.5 Å². The summed E-state index contributed by atoms with van der Waals surface area (Å²) in [6, 6.07) is 0. The summed E-state index contributed by atoms with van der Waals surface area (Å²) in [6.45, 7) is 4.84. The molecule has 0 fully saturated rings. The third-order valence-electron chi connectivity index (χ3n) is 0.479. The van der Waals surface area contributed by atoms with E-state index in [-0.39, 0.29) is 6.61 Å². The summed E-state index contributed by atoms with van der Waals surface area (Å²) in [7, 11) is 0. The average Bonchev–Trinajstić information content (AvgIpc) is 1.63. The lowest BCUT2D eigenvalue weighted by molar-refractivity contribution is 0.0571. The van der Waals surface area contributed by atoms with E-state index in [9.17, 15) is 4.79 Å². The van der Waals surface area contributed by atoms with Crippen LogP contribution in [0, 0.1) is 6.92 Å². The lowest BCUT2D eigenvalue weighted by Gasteiger charge is -2.03. The van der Waals surface area contributed by atoms with E-state index in [2.05, 4.69) is 16.4 Å². The summed E-state index contributed by atoms with van der Waals surface area (Å²) >= 11 is 5.26. The molecule has 0 saturated heterocycles. The number of carbonyl (C=O) groups excluding carboxylic acids is 1. The standard InChI is InChI=1S/C5H8ClO3/c1-3-8-5(7)9-4(2)6/h4H,1,3H2,2H3. The van der Waals surface area contributed by atoms with E-state index >= 15 is 0 Å². The van der Waals surface area contributed by atoms with Crippen LogP contribution in [0.25, 0.3) is 0 Å². The van der Waals surface area contributed by atoms with Gasteiger partial charge in [-0.2, -0.15) is 0 Å². The maximum atomic E-state index is 10.3. The Labute approximate surface area is 58.9 Å². The van der Waals surface area contributed by atoms with E-state index < -0.39 is 11.7 Å². The Morgan fingerprint density at radius 3 is 2.78 bits per heavy atom. The van der Waals surface area contributed by atoms with Gasteiger partial charge in [-0.25, -0.2) is 4.79 Å². The zero-order chi connectivity index (χ0) is 7.28. The second kappa shape index (κ2) is 4.44. The van der Waals surface area contributed by atoms with Crippen LogP contribution in [-0.4, -0.2) is 18.3 Å². The SMILES string of the molecule is [CH2]COC(=O)OC(C)Cl. The Bertz CT molecular complexity index is 92.2. The minimum absolute atomic E-state index is 0.0580. The van der Waals surface area contributed by atoms with Gasteiger partial charge in [-0.3, -0.25) is 0 Å². The highest BCUT2D eigenvalue weighted by Crippen LogP contribution is 1.97. The zero-order valence-electron chi connectivity index (χ0n) is 5.09. The van der Waals surface area contributed by atoms with Gasteiger partial charge < -0.3 is 9.47 Å². The van der Waals surface area contributed by atoms with Gasteiger partial charge >= 0.3 is 6.16 Å². The number of halogens is 1. The molecule has 0 aromatic carbocycles. The van der Waals surface area contributed by atoms with E-state index in [0.717, 1.165) is 0 Å². The predicted molar refractivity (Wildman–Crippen MR) is 33.1 cm³/mol. The maximum absolute atomic E-state index is 10.3. The Kier molecular flexibility index (Phi) is 4.22. The normalized spacial score (nSPS) is 12.3. The third kappa shape index (κ3) is 5.43. The van der Waals surface area contributed by atoms with Crippen LogP contribution >= 0.6 is 11.6 Å². The number of carbonyl (C=O) groups is 1. The molecule has 0 aliphatic rings. The molecule has 0 aliphatic carbocycles. The maximum Gasteiger partial charge on any atom is 0.509 e. The highest BCUT2D eigenvalue weighted by Gasteiger charge is 2.04. The van der Waals surface area contributed by atoms with Crippen LogP contribution in [0.1, 0.15) is 6.92 Å². The van der Waals surface area contributed by atoms with E-state index in [0.29, 0.717) is 0 Å². The number of rotatable bonds is 2.